The van der Waals surface area contributed by atoms with E-state index >= 15 is 0 Å². The molecule has 1 amide bonds. The van der Waals surface area contributed by atoms with E-state index in [9.17, 15) is 4.79 Å². The third-order valence-corrected chi connectivity index (χ3v) is 4.97. The summed E-state index contributed by atoms with van der Waals surface area (Å²) in [6.07, 6.45) is 2.41. The van der Waals surface area contributed by atoms with Crippen molar-refractivity contribution in [3.05, 3.63) is 15.6 Å². The normalized spacial score (nSPS) is 19.5. The minimum absolute atomic E-state index is 0.219. The van der Waals surface area contributed by atoms with Crippen LogP contribution in [0.2, 0.25) is 0 Å². The van der Waals surface area contributed by atoms with Gasteiger partial charge in [0.05, 0.1) is 10.7 Å². The molecule has 0 radical (unpaired) electrons. The lowest BCUT2D eigenvalue weighted by atomic mass is 10.1. The monoisotopic (exact) mass is 323 g/mol. The zero-order valence-electron chi connectivity index (χ0n) is 13.8. The van der Waals surface area contributed by atoms with E-state index in [1.54, 1.807) is 23.3 Å². The third-order valence-electron chi connectivity index (χ3n) is 3.84. The first-order valence-electron chi connectivity index (χ1n) is 7.63. The Hall–Kier alpha value is -1.63. The molecule has 1 atom stereocenters. The van der Waals surface area contributed by atoms with Crippen molar-refractivity contribution >= 4 is 23.2 Å². The van der Waals surface area contributed by atoms with Gasteiger partial charge in [-0.2, -0.15) is 0 Å². The Balaban J connectivity index is 1.78. The van der Waals surface area contributed by atoms with Gasteiger partial charge in [0, 0.05) is 50.9 Å². The molecular weight excluding hydrogens is 298 g/mol. The molecule has 122 valence electrons. The predicted octanol–water partition coefficient (Wildman–Crippen LogP) is 1.09. The number of piperidine rings is 1. The average molecular weight is 323 g/mol. The molecule has 1 aliphatic rings. The number of hydrogen-bond acceptors (Lipinski definition) is 4. The molecule has 1 saturated heterocycles. The average Bonchev–Trinajstić information content (AvgIpc) is 2.80. The van der Waals surface area contributed by atoms with Crippen LogP contribution in [-0.2, 0) is 11.2 Å². The number of likely N-dealkylation sites (N-methyl/N-ethyl adjacent to an activating group) is 1. The second-order valence-electron chi connectivity index (χ2n) is 5.64. The van der Waals surface area contributed by atoms with Gasteiger partial charge in [-0.05, 0) is 20.3 Å². The van der Waals surface area contributed by atoms with Gasteiger partial charge in [-0.15, -0.1) is 11.3 Å². The number of aryl methyl sites for hydroxylation is 2. The maximum Gasteiger partial charge on any atom is 0.222 e. The maximum atomic E-state index is 11.5. The van der Waals surface area contributed by atoms with Crippen molar-refractivity contribution in [3.8, 4) is 0 Å². The lowest BCUT2D eigenvalue weighted by molar-refractivity contribution is -0.132. The Labute approximate surface area is 136 Å². The van der Waals surface area contributed by atoms with Crippen molar-refractivity contribution in [1.29, 1.82) is 0 Å². The van der Waals surface area contributed by atoms with E-state index in [-0.39, 0.29) is 11.9 Å². The van der Waals surface area contributed by atoms with Gasteiger partial charge in [0.25, 0.3) is 0 Å². The molecule has 7 heteroatoms. The Morgan fingerprint density at radius 3 is 2.86 bits per heavy atom. The molecular formula is C15H25N5OS. The molecule has 1 aromatic rings. The quantitative estimate of drug-likeness (QED) is 0.643. The minimum atomic E-state index is 0.219. The number of carbonyl (C=O) groups excluding carboxylic acids is 1. The summed E-state index contributed by atoms with van der Waals surface area (Å²) in [7, 11) is 3.62. The zero-order chi connectivity index (χ0) is 16.1. The van der Waals surface area contributed by atoms with Crippen LogP contribution in [0.15, 0.2) is 4.99 Å². The van der Waals surface area contributed by atoms with E-state index in [1.165, 1.54) is 4.88 Å². The highest BCUT2D eigenvalue weighted by Gasteiger charge is 2.23. The Bertz CT molecular complexity index is 554. The van der Waals surface area contributed by atoms with Crippen molar-refractivity contribution in [1.82, 2.24) is 20.5 Å². The molecule has 0 saturated carbocycles. The van der Waals surface area contributed by atoms with Crippen LogP contribution < -0.4 is 10.6 Å². The lowest BCUT2D eigenvalue weighted by Gasteiger charge is -2.31. The number of aromatic nitrogens is 1. The zero-order valence-corrected chi connectivity index (χ0v) is 14.6. The molecule has 2 heterocycles. The molecule has 6 nitrogen and oxygen atoms in total. The Kier molecular flexibility index (Phi) is 5.76. The topological polar surface area (TPSA) is 69.6 Å². The Morgan fingerprint density at radius 2 is 2.27 bits per heavy atom. The standard InChI is InChI=1S/C15H25N5OS/c1-10-13(22-11(2)18-10)7-8-17-15(16-3)19-12-5-6-14(21)20(4)9-12/h12H,5-9H2,1-4H3,(H2,16,17,19). The summed E-state index contributed by atoms with van der Waals surface area (Å²) in [5.41, 5.74) is 1.12. The highest BCUT2D eigenvalue weighted by Crippen LogP contribution is 2.17. The van der Waals surface area contributed by atoms with Crippen molar-refractivity contribution in [3.63, 3.8) is 0 Å². The second-order valence-corrected chi connectivity index (χ2v) is 6.93. The van der Waals surface area contributed by atoms with Gasteiger partial charge in [0.1, 0.15) is 0 Å². The van der Waals surface area contributed by atoms with E-state index in [4.69, 9.17) is 0 Å². The van der Waals surface area contributed by atoms with Crippen molar-refractivity contribution in [2.24, 2.45) is 4.99 Å². The number of hydrogen-bond donors (Lipinski definition) is 2. The second kappa shape index (κ2) is 7.58. The lowest BCUT2D eigenvalue weighted by Crippen LogP contribution is -2.51. The molecule has 0 aromatic carbocycles. The molecule has 22 heavy (non-hydrogen) atoms. The summed E-state index contributed by atoms with van der Waals surface area (Å²) in [4.78, 5) is 23.3. The smallest absolute Gasteiger partial charge is 0.222 e. The van der Waals surface area contributed by atoms with Crippen molar-refractivity contribution in [2.45, 2.75) is 39.2 Å². The number of likely N-dealkylation sites (tertiary alicyclic amines) is 1. The van der Waals surface area contributed by atoms with Gasteiger partial charge in [0.2, 0.25) is 5.91 Å². The van der Waals surface area contributed by atoms with Crippen LogP contribution in [0.25, 0.3) is 0 Å². The number of aliphatic imine (C=N–C) groups is 1. The van der Waals surface area contributed by atoms with E-state index in [2.05, 4.69) is 27.5 Å². The number of amides is 1. The van der Waals surface area contributed by atoms with Gasteiger partial charge in [-0.1, -0.05) is 0 Å². The fourth-order valence-electron chi connectivity index (χ4n) is 2.62. The van der Waals surface area contributed by atoms with Crippen LogP contribution in [0, 0.1) is 13.8 Å². The number of nitrogens with zero attached hydrogens (tertiary/aromatic N) is 3. The molecule has 0 aliphatic carbocycles. The van der Waals surface area contributed by atoms with Crippen LogP contribution in [0.1, 0.15) is 28.4 Å². The molecule has 2 rings (SSSR count). The summed E-state index contributed by atoms with van der Waals surface area (Å²) in [5, 5.41) is 7.85. The molecule has 1 aliphatic heterocycles. The molecule has 1 fully saturated rings. The maximum absolute atomic E-state index is 11.5. The SMILES string of the molecule is CN=C(NCCc1sc(C)nc1C)NC1CCC(=O)N(C)C1. The molecule has 0 spiro atoms. The molecule has 2 N–H and O–H groups in total. The Morgan fingerprint density at radius 1 is 1.50 bits per heavy atom. The highest BCUT2D eigenvalue weighted by atomic mass is 32.1. The molecule has 0 bridgehead atoms. The molecule has 1 unspecified atom stereocenters. The van der Waals surface area contributed by atoms with Gasteiger partial charge < -0.3 is 15.5 Å². The number of thiazole rings is 1. The first kappa shape index (κ1) is 16.7. The largest absolute Gasteiger partial charge is 0.356 e. The summed E-state index contributed by atoms with van der Waals surface area (Å²) in [5.74, 6) is 1.02. The minimum Gasteiger partial charge on any atom is -0.356 e. The van der Waals surface area contributed by atoms with E-state index < -0.39 is 0 Å². The highest BCUT2D eigenvalue weighted by molar-refractivity contribution is 7.11. The predicted molar refractivity (Wildman–Crippen MR) is 90.4 cm³/mol. The fraction of sp³-hybridized carbons (Fsp3) is 0.667. The number of guanidine groups is 1. The van der Waals surface area contributed by atoms with Crippen LogP contribution in [0.4, 0.5) is 0 Å². The van der Waals surface area contributed by atoms with Gasteiger partial charge >= 0.3 is 0 Å². The van der Waals surface area contributed by atoms with Gasteiger partial charge in [-0.3, -0.25) is 9.79 Å². The third kappa shape index (κ3) is 4.43. The summed E-state index contributed by atoms with van der Waals surface area (Å²) in [6, 6.07) is 0.265. The van der Waals surface area contributed by atoms with Crippen LogP contribution in [0.5, 0.6) is 0 Å². The summed E-state index contributed by atoms with van der Waals surface area (Å²) < 4.78 is 0. The van der Waals surface area contributed by atoms with Crippen LogP contribution >= 0.6 is 11.3 Å². The van der Waals surface area contributed by atoms with Crippen LogP contribution in [-0.4, -0.2) is 55.0 Å². The molecule has 1 aromatic heterocycles. The summed E-state index contributed by atoms with van der Waals surface area (Å²) in [6.45, 7) is 5.65. The first-order valence-corrected chi connectivity index (χ1v) is 8.45. The number of nitrogens with one attached hydrogen (secondary N) is 2. The number of carbonyl (C=O) groups is 1. The first-order chi connectivity index (χ1) is 10.5. The van der Waals surface area contributed by atoms with Gasteiger partial charge in [-0.25, -0.2) is 4.98 Å². The van der Waals surface area contributed by atoms with Gasteiger partial charge in [0.15, 0.2) is 5.96 Å². The van der Waals surface area contributed by atoms with E-state index in [0.29, 0.717) is 6.42 Å². The fourth-order valence-corrected chi connectivity index (χ4v) is 3.55. The van der Waals surface area contributed by atoms with Crippen molar-refractivity contribution in [2.75, 3.05) is 27.2 Å². The summed E-state index contributed by atoms with van der Waals surface area (Å²) >= 11 is 1.75. The van der Waals surface area contributed by atoms with E-state index in [0.717, 1.165) is 42.6 Å². The number of rotatable bonds is 4. The van der Waals surface area contributed by atoms with E-state index in [1.807, 2.05) is 14.0 Å². The van der Waals surface area contributed by atoms with Crippen molar-refractivity contribution < 1.29 is 4.79 Å². The van der Waals surface area contributed by atoms with Crippen LogP contribution in [0.3, 0.4) is 0 Å².